The zero-order valence-electron chi connectivity index (χ0n) is 78.8. The average Bonchev–Trinajstić information content (AvgIpc) is 1.56. The monoisotopic (exact) mass is 1710 g/mol. The van der Waals surface area contributed by atoms with Crippen molar-refractivity contribution in [3.8, 4) is 134 Å². The number of rotatable bonds is 8. The van der Waals surface area contributed by atoms with Crippen molar-refractivity contribution < 1.29 is 22.7 Å². The minimum absolute atomic E-state index is 0.0146. The third-order valence-corrected chi connectivity index (χ3v) is 31.1. The number of benzene rings is 8. The highest BCUT2D eigenvalue weighted by molar-refractivity contribution is 5.93. The van der Waals surface area contributed by atoms with Gasteiger partial charge in [0.2, 0.25) is 22.8 Å². The van der Waals surface area contributed by atoms with Gasteiger partial charge < -0.3 is 0 Å². The molecule has 24 rings (SSSR count). The van der Waals surface area contributed by atoms with Crippen molar-refractivity contribution in [2.24, 2.45) is 28.2 Å². The average molecular weight is 1720 g/mol. The summed E-state index contributed by atoms with van der Waals surface area (Å²) in [7, 11) is 8.68. The molecule has 0 saturated heterocycles. The van der Waals surface area contributed by atoms with E-state index in [1.54, 1.807) is 0 Å². The predicted octanol–water partition coefficient (Wildman–Crippen LogP) is 27.5. The second kappa shape index (κ2) is 33.4. The molecule has 16 aromatic rings. The lowest BCUT2D eigenvalue weighted by Crippen LogP contribution is -2.32. The number of hydrogen-bond donors (Lipinski definition) is 0. The van der Waals surface area contributed by atoms with Crippen LogP contribution in [0, 0.1) is 75.1 Å². The number of nitrogens with zero attached hydrogens (tertiary/aromatic N) is 8. The van der Waals surface area contributed by atoms with Gasteiger partial charge >= 0.3 is 0 Å². The molecule has 0 aliphatic heterocycles. The predicted molar refractivity (Wildman–Crippen MR) is 531 cm³/mol. The largest absolute Gasteiger partial charge is 0.257 e. The van der Waals surface area contributed by atoms with Crippen molar-refractivity contribution in [2.75, 3.05) is 0 Å². The molecule has 8 aliphatic carbocycles. The Labute approximate surface area is 773 Å². The zero-order valence-corrected chi connectivity index (χ0v) is 78.8. The lowest BCUT2D eigenvalue weighted by Gasteiger charge is -2.28. The summed E-state index contributed by atoms with van der Waals surface area (Å²) in [4.78, 5) is 20.6. The highest BCUT2D eigenvalue weighted by atomic mass is 19.1. The first-order chi connectivity index (χ1) is 63.5. The van der Waals surface area contributed by atoms with Gasteiger partial charge in [-0.05, 0) is 270 Å². The quantitative estimate of drug-likeness (QED) is 0.142. The summed E-state index contributed by atoms with van der Waals surface area (Å²) in [5.41, 5.74) is 55.0. The van der Waals surface area contributed by atoms with Crippen LogP contribution in [-0.2, 0) is 49.9 Å². The molecule has 0 unspecified atom stereocenters. The van der Waals surface area contributed by atoms with Crippen molar-refractivity contribution in [2.45, 2.75) is 194 Å². The lowest BCUT2D eigenvalue weighted by atomic mass is 9.75. The molecule has 8 aliphatic rings. The third kappa shape index (κ3) is 14.3. The molecular formula is C122H119FN8+4. The van der Waals surface area contributed by atoms with Crippen LogP contribution in [0.25, 0.3) is 134 Å². The molecular weight excluding hydrogens is 1600 g/mol. The van der Waals surface area contributed by atoms with Crippen LogP contribution in [0.1, 0.15) is 204 Å². The van der Waals surface area contributed by atoms with E-state index in [1.807, 2.05) is 12.1 Å². The summed E-state index contributed by atoms with van der Waals surface area (Å²) in [6.07, 6.45) is 28.6. The van der Waals surface area contributed by atoms with E-state index in [1.165, 1.54) is 303 Å². The van der Waals surface area contributed by atoms with E-state index < -0.39 is 0 Å². The minimum atomic E-state index is -0.208. The van der Waals surface area contributed by atoms with E-state index in [0.717, 1.165) is 46.7 Å². The molecule has 8 aromatic carbocycles. The fourth-order valence-electron chi connectivity index (χ4n) is 24.8. The van der Waals surface area contributed by atoms with Crippen molar-refractivity contribution in [1.29, 1.82) is 0 Å². The number of aryl methyl sites for hydroxylation is 14. The lowest BCUT2D eigenvalue weighted by molar-refractivity contribution is -0.660. The smallest absolute Gasteiger partial charge is 0.213 e. The van der Waals surface area contributed by atoms with E-state index in [-0.39, 0.29) is 27.5 Å². The summed E-state index contributed by atoms with van der Waals surface area (Å²) in [6, 6.07) is 89.6. The van der Waals surface area contributed by atoms with Crippen LogP contribution in [0.2, 0.25) is 0 Å². The highest BCUT2D eigenvalue weighted by Crippen LogP contribution is 2.64. The second-order valence-corrected chi connectivity index (χ2v) is 39.5. The van der Waals surface area contributed by atoms with Crippen LogP contribution in [0.15, 0.2) is 274 Å². The number of aromatic nitrogens is 8. The summed E-state index contributed by atoms with van der Waals surface area (Å²) in [5.74, 6) is -0.208. The summed E-state index contributed by atoms with van der Waals surface area (Å²) >= 11 is 0. The van der Waals surface area contributed by atoms with Gasteiger partial charge in [0, 0.05) is 114 Å². The van der Waals surface area contributed by atoms with Crippen molar-refractivity contribution in [1.82, 2.24) is 19.9 Å². The number of hydrogen-bond acceptors (Lipinski definition) is 4. The van der Waals surface area contributed by atoms with Crippen LogP contribution in [-0.4, -0.2) is 19.9 Å². The highest BCUT2D eigenvalue weighted by Gasteiger charge is 2.54. The van der Waals surface area contributed by atoms with E-state index in [4.69, 9.17) is 19.9 Å². The molecule has 0 atom stereocenters. The maximum atomic E-state index is 13.4. The van der Waals surface area contributed by atoms with E-state index >= 15 is 0 Å². The Balaban J connectivity index is 0.000000105. The first kappa shape index (κ1) is 84.7. The molecule has 4 fully saturated rings. The zero-order chi connectivity index (χ0) is 90.1. The van der Waals surface area contributed by atoms with Gasteiger partial charge in [-0.3, -0.25) is 19.9 Å². The van der Waals surface area contributed by atoms with Gasteiger partial charge in [-0.1, -0.05) is 226 Å². The Morgan fingerprint density at radius 3 is 0.794 bits per heavy atom. The van der Waals surface area contributed by atoms with Crippen LogP contribution in [0.3, 0.4) is 0 Å². The second-order valence-electron chi connectivity index (χ2n) is 39.5. The Bertz CT molecular complexity index is 7040. The molecule has 4 spiro atoms. The minimum Gasteiger partial charge on any atom is -0.257 e. The van der Waals surface area contributed by atoms with Crippen LogP contribution in [0.5, 0.6) is 0 Å². The number of fused-ring (bicyclic) bond motifs is 20. The van der Waals surface area contributed by atoms with Gasteiger partial charge in [0.05, 0.1) is 45.0 Å². The Kier molecular flexibility index (Phi) is 21.6. The van der Waals surface area contributed by atoms with Crippen molar-refractivity contribution >= 4 is 0 Å². The van der Waals surface area contributed by atoms with E-state index in [0.29, 0.717) is 0 Å². The molecule has 0 amide bonds. The van der Waals surface area contributed by atoms with Gasteiger partial charge in [0.25, 0.3) is 0 Å². The van der Waals surface area contributed by atoms with E-state index in [2.05, 4.69) is 365 Å². The van der Waals surface area contributed by atoms with Gasteiger partial charge in [-0.2, -0.15) is 0 Å². The first-order valence-electron chi connectivity index (χ1n) is 48.0. The molecule has 131 heavy (non-hydrogen) atoms. The number of pyridine rings is 8. The molecule has 8 aromatic heterocycles. The Morgan fingerprint density at radius 2 is 0.496 bits per heavy atom. The van der Waals surface area contributed by atoms with E-state index in [9.17, 15) is 4.39 Å². The normalized spacial score (nSPS) is 15.7. The maximum Gasteiger partial charge on any atom is 0.213 e. The van der Waals surface area contributed by atoms with Crippen molar-refractivity contribution in [3.05, 3.63) is 381 Å². The Hall–Kier alpha value is -13.1. The maximum absolute atomic E-state index is 13.4. The fraction of sp³-hybridized carbons (Fsp3) is 0.279. The molecule has 8 nitrogen and oxygen atoms in total. The van der Waals surface area contributed by atoms with Gasteiger partial charge in [0.1, 0.15) is 34.0 Å². The SMILES string of the molecule is Cc1ccc(-c2cc[n+](C)c(-c3c(C)ccc4c3C3(CCCC3)c3nc(C)ccc3-4)c2)cc1.Cc1ccc(-c2ccc(-c3c(C)ccc4c3C3(CCCC3)c3nc(C)ccc3-4)[n+](C)c2)cc1.Cc1ccc2c(n1)C1(CCCC1)c1c-2ccc(C)c1-c1ccc(-c2ccc(F)cc2)c[n+]1C.Cc1ccc2c(n1)C1(CCCC1)c1c-2ccc(C)c1-c1ccc(-c2ccccc2)c[n+]1C. The summed E-state index contributed by atoms with van der Waals surface area (Å²) in [5, 5.41) is 0. The van der Waals surface area contributed by atoms with Crippen molar-refractivity contribution in [3.63, 3.8) is 0 Å². The van der Waals surface area contributed by atoms with Crippen LogP contribution in [0.4, 0.5) is 4.39 Å². The van der Waals surface area contributed by atoms with Gasteiger partial charge in [0.15, 0.2) is 24.8 Å². The van der Waals surface area contributed by atoms with Gasteiger partial charge in [-0.25, -0.2) is 22.7 Å². The summed E-state index contributed by atoms with van der Waals surface area (Å²) in [6.45, 7) is 21.8. The first-order valence-corrected chi connectivity index (χ1v) is 48.0. The standard InChI is InChI=1S/2C31H31N2.C30H28FN2.C30H29N2/c1-20-7-11-23(12-8-20)24-13-16-27(33(4)19-24)28-21(2)9-14-25-26-15-10-22(3)32-30(26)31(29(25)28)17-5-6-18-31;1-20-7-11-23(12-8-20)24-15-18-33(4)27(19-24)28-21(2)9-13-25-26-14-10-22(3)32-30(26)31(29(25)28)16-5-6-17-31;1-19-6-13-24-25-14-7-20(2)32-29(25)30(16-4-5-17-30)28(24)27(19)26-15-10-22(18-33(26)3)21-8-11-23(31)12-9-21;1-20-11-14-24-25-15-12-21(2)31-29(25)30(17-7-8-18-30)28(24)27(20)26-16-13-23(19-32(26)3)22-9-5-4-6-10-22/h7-16,19H,5-6,17-18H2,1-4H3;7-15,18-19H,5-6,16-17H2,1-4H3;6-15,18H,4-5,16-17H2,1-3H3;4-6,9-16,19H,7-8,17-18H2,1-3H3/q4*+1. The molecule has 4 saturated carbocycles. The molecule has 8 heterocycles. The van der Waals surface area contributed by atoms with Gasteiger partial charge in [-0.15, -0.1) is 0 Å². The molecule has 0 radical (unpaired) electrons. The molecule has 0 bridgehead atoms. The van der Waals surface area contributed by atoms with Crippen LogP contribution < -0.4 is 18.3 Å². The third-order valence-electron chi connectivity index (χ3n) is 31.1. The fourth-order valence-corrected chi connectivity index (χ4v) is 24.8. The summed E-state index contributed by atoms with van der Waals surface area (Å²) < 4.78 is 22.6. The Morgan fingerprint density at radius 1 is 0.237 bits per heavy atom. The molecule has 0 N–H and O–H groups in total. The molecule has 650 valence electrons. The number of halogens is 1. The molecule has 9 heteroatoms. The topological polar surface area (TPSA) is 67.1 Å². The van der Waals surface area contributed by atoms with Crippen LogP contribution >= 0.6 is 0 Å².